The molecule has 0 atom stereocenters. The monoisotopic (exact) mass is 229 g/mol. The molecule has 0 unspecified atom stereocenters. The smallest absolute Gasteiger partial charge is 0.318 e. The van der Waals surface area contributed by atoms with Crippen molar-refractivity contribution < 1.29 is 9.53 Å². The van der Waals surface area contributed by atoms with Crippen LogP contribution in [0.1, 0.15) is 10.4 Å². The zero-order valence-electron chi connectivity index (χ0n) is 9.25. The number of hydrogen-bond donors (Lipinski definition) is 1. The number of amides is 1. The molecule has 0 saturated carbocycles. The molecule has 0 bridgehead atoms. The van der Waals surface area contributed by atoms with Crippen LogP contribution in [0.2, 0.25) is 0 Å². The molecule has 0 aliphatic heterocycles. The fourth-order valence-electron chi connectivity index (χ4n) is 1.29. The molecule has 5 nitrogen and oxygen atoms in total. The fraction of sp³-hybridized carbons (Fsp3) is 0.0833. The van der Waals surface area contributed by atoms with Crippen molar-refractivity contribution in [2.24, 2.45) is 0 Å². The standard InChI is InChI=1S/C12H11N3O2/c1-17-12-13-8-7-10(15-12)14-11(16)9-5-3-2-4-6-9/h2-8H,1H3,(H,13,14,15,16). The summed E-state index contributed by atoms with van der Waals surface area (Å²) in [5, 5.41) is 2.66. The third kappa shape index (κ3) is 2.78. The second kappa shape index (κ2) is 5.07. The molecule has 86 valence electrons. The van der Waals surface area contributed by atoms with Gasteiger partial charge >= 0.3 is 6.01 Å². The van der Waals surface area contributed by atoms with Crippen molar-refractivity contribution in [3.05, 3.63) is 48.2 Å². The van der Waals surface area contributed by atoms with E-state index in [0.717, 1.165) is 0 Å². The molecule has 2 rings (SSSR count). The predicted octanol–water partition coefficient (Wildman–Crippen LogP) is 1.74. The van der Waals surface area contributed by atoms with E-state index in [-0.39, 0.29) is 11.9 Å². The Balaban J connectivity index is 2.13. The zero-order chi connectivity index (χ0) is 12.1. The van der Waals surface area contributed by atoms with E-state index in [1.54, 1.807) is 30.3 Å². The van der Waals surface area contributed by atoms with Crippen LogP contribution < -0.4 is 10.1 Å². The summed E-state index contributed by atoms with van der Waals surface area (Å²) in [6.07, 6.45) is 1.52. The molecule has 1 heterocycles. The zero-order valence-corrected chi connectivity index (χ0v) is 9.25. The number of nitrogens with zero attached hydrogens (tertiary/aromatic N) is 2. The Morgan fingerprint density at radius 3 is 2.71 bits per heavy atom. The first-order chi connectivity index (χ1) is 8.29. The number of methoxy groups -OCH3 is 1. The summed E-state index contributed by atoms with van der Waals surface area (Å²) in [6.45, 7) is 0. The third-order valence-corrected chi connectivity index (χ3v) is 2.09. The van der Waals surface area contributed by atoms with Gasteiger partial charge in [-0.1, -0.05) is 18.2 Å². The van der Waals surface area contributed by atoms with Crippen LogP contribution in [0.4, 0.5) is 5.82 Å². The molecular formula is C12H11N3O2. The second-order valence-corrected chi connectivity index (χ2v) is 3.25. The summed E-state index contributed by atoms with van der Waals surface area (Å²) in [5.41, 5.74) is 0.574. The lowest BCUT2D eigenvalue weighted by atomic mass is 10.2. The minimum Gasteiger partial charge on any atom is -0.467 e. The van der Waals surface area contributed by atoms with Gasteiger partial charge in [-0.3, -0.25) is 4.79 Å². The molecule has 0 radical (unpaired) electrons. The predicted molar refractivity (Wildman–Crippen MR) is 63.0 cm³/mol. The van der Waals surface area contributed by atoms with Gasteiger partial charge in [0, 0.05) is 11.8 Å². The van der Waals surface area contributed by atoms with Crippen LogP contribution in [0.25, 0.3) is 0 Å². The van der Waals surface area contributed by atoms with E-state index in [1.807, 2.05) is 6.07 Å². The summed E-state index contributed by atoms with van der Waals surface area (Å²) in [7, 11) is 1.47. The first kappa shape index (κ1) is 11.1. The number of hydrogen-bond acceptors (Lipinski definition) is 4. The summed E-state index contributed by atoms with van der Waals surface area (Å²) in [4.78, 5) is 19.6. The number of carbonyl (C=O) groups is 1. The van der Waals surface area contributed by atoms with Crippen molar-refractivity contribution >= 4 is 11.7 Å². The average Bonchev–Trinajstić information content (AvgIpc) is 2.40. The van der Waals surface area contributed by atoms with Gasteiger partial charge in [0.25, 0.3) is 5.91 Å². The Labute approximate surface area is 98.5 Å². The number of benzene rings is 1. The summed E-state index contributed by atoms with van der Waals surface area (Å²) >= 11 is 0. The maximum Gasteiger partial charge on any atom is 0.318 e. The molecule has 0 fully saturated rings. The van der Waals surface area contributed by atoms with Gasteiger partial charge in [0.15, 0.2) is 0 Å². The lowest BCUT2D eigenvalue weighted by Gasteiger charge is -2.04. The maximum absolute atomic E-state index is 11.8. The fourth-order valence-corrected chi connectivity index (χ4v) is 1.29. The van der Waals surface area contributed by atoms with Crippen molar-refractivity contribution in [1.29, 1.82) is 0 Å². The lowest BCUT2D eigenvalue weighted by Crippen LogP contribution is -2.13. The normalized spacial score (nSPS) is 9.71. The number of rotatable bonds is 3. The summed E-state index contributed by atoms with van der Waals surface area (Å²) < 4.78 is 4.87. The highest BCUT2D eigenvalue weighted by Crippen LogP contribution is 2.09. The number of aromatic nitrogens is 2. The SMILES string of the molecule is COc1nccc(NC(=O)c2ccccc2)n1. The Morgan fingerprint density at radius 2 is 2.00 bits per heavy atom. The van der Waals surface area contributed by atoms with Gasteiger partial charge in [0.2, 0.25) is 0 Å². The van der Waals surface area contributed by atoms with E-state index in [2.05, 4.69) is 15.3 Å². The quantitative estimate of drug-likeness (QED) is 0.870. The number of carbonyl (C=O) groups excluding carboxylic acids is 1. The summed E-state index contributed by atoms with van der Waals surface area (Å²) in [5.74, 6) is 0.192. The van der Waals surface area contributed by atoms with Crippen molar-refractivity contribution in [1.82, 2.24) is 9.97 Å². The highest BCUT2D eigenvalue weighted by Gasteiger charge is 2.06. The molecule has 1 N–H and O–H groups in total. The van der Waals surface area contributed by atoms with Crippen molar-refractivity contribution in [2.45, 2.75) is 0 Å². The van der Waals surface area contributed by atoms with Crippen LogP contribution in [0.5, 0.6) is 6.01 Å². The topological polar surface area (TPSA) is 64.1 Å². The molecule has 1 aromatic heterocycles. The van der Waals surface area contributed by atoms with E-state index in [0.29, 0.717) is 11.4 Å². The van der Waals surface area contributed by atoms with Crippen molar-refractivity contribution in [3.8, 4) is 6.01 Å². The number of ether oxygens (including phenoxy) is 1. The van der Waals surface area contributed by atoms with Gasteiger partial charge < -0.3 is 10.1 Å². The van der Waals surface area contributed by atoms with Gasteiger partial charge in [-0.15, -0.1) is 0 Å². The van der Waals surface area contributed by atoms with Gasteiger partial charge in [-0.25, -0.2) is 4.98 Å². The van der Waals surface area contributed by atoms with E-state index in [4.69, 9.17) is 4.74 Å². The molecule has 0 spiro atoms. The summed E-state index contributed by atoms with van der Waals surface area (Å²) in [6, 6.07) is 10.7. The van der Waals surface area contributed by atoms with Crippen LogP contribution in [0.15, 0.2) is 42.6 Å². The van der Waals surface area contributed by atoms with Gasteiger partial charge in [0.1, 0.15) is 5.82 Å². The van der Waals surface area contributed by atoms with Gasteiger partial charge in [-0.05, 0) is 18.2 Å². The molecule has 1 amide bonds. The van der Waals surface area contributed by atoms with Gasteiger partial charge in [0.05, 0.1) is 7.11 Å². The Bertz CT molecular complexity index is 514. The Kier molecular flexibility index (Phi) is 3.30. The molecule has 17 heavy (non-hydrogen) atoms. The van der Waals surface area contributed by atoms with Crippen molar-refractivity contribution in [3.63, 3.8) is 0 Å². The molecule has 0 aliphatic carbocycles. The molecule has 2 aromatic rings. The van der Waals surface area contributed by atoms with Gasteiger partial charge in [-0.2, -0.15) is 4.98 Å². The molecule has 5 heteroatoms. The average molecular weight is 229 g/mol. The van der Waals surface area contributed by atoms with E-state index in [1.165, 1.54) is 13.3 Å². The molecule has 0 saturated heterocycles. The third-order valence-electron chi connectivity index (χ3n) is 2.09. The van der Waals surface area contributed by atoms with E-state index >= 15 is 0 Å². The minimum absolute atomic E-state index is 0.216. The molecule has 0 aliphatic rings. The first-order valence-electron chi connectivity index (χ1n) is 5.03. The second-order valence-electron chi connectivity index (χ2n) is 3.25. The maximum atomic E-state index is 11.8. The number of nitrogens with one attached hydrogen (secondary N) is 1. The minimum atomic E-state index is -0.216. The Hall–Kier alpha value is -2.43. The molecule has 1 aromatic carbocycles. The van der Waals surface area contributed by atoms with Crippen LogP contribution in [-0.4, -0.2) is 23.0 Å². The highest BCUT2D eigenvalue weighted by atomic mass is 16.5. The number of anilines is 1. The highest BCUT2D eigenvalue weighted by molar-refractivity contribution is 6.03. The van der Waals surface area contributed by atoms with Crippen LogP contribution in [0, 0.1) is 0 Å². The Morgan fingerprint density at radius 1 is 1.24 bits per heavy atom. The first-order valence-corrected chi connectivity index (χ1v) is 5.03. The molecular weight excluding hydrogens is 218 g/mol. The lowest BCUT2D eigenvalue weighted by molar-refractivity contribution is 0.102. The largest absolute Gasteiger partial charge is 0.467 e. The van der Waals surface area contributed by atoms with Crippen LogP contribution >= 0.6 is 0 Å². The van der Waals surface area contributed by atoms with E-state index in [9.17, 15) is 4.79 Å². The van der Waals surface area contributed by atoms with Crippen LogP contribution in [0.3, 0.4) is 0 Å². The van der Waals surface area contributed by atoms with Crippen molar-refractivity contribution in [2.75, 3.05) is 12.4 Å². The van der Waals surface area contributed by atoms with E-state index < -0.39 is 0 Å². The van der Waals surface area contributed by atoms with Crippen LogP contribution in [-0.2, 0) is 0 Å².